The Labute approximate surface area is 124 Å². The fourth-order valence-electron chi connectivity index (χ4n) is 1.97. The van der Waals surface area contributed by atoms with Crippen LogP contribution in [0.1, 0.15) is 10.5 Å². The number of amides is 1. The molecule has 0 spiro atoms. The fourth-order valence-corrected chi connectivity index (χ4v) is 2.49. The molecule has 2 heterocycles. The SMILES string of the molecule is C[S@@](=O)c1ccc2nc(C(=O)Nc3ccccc3)cn2c1. The van der Waals surface area contributed by atoms with E-state index in [0.29, 0.717) is 16.2 Å². The number of nitrogens with one attached hydrogen (secondary N) is 1. The summed E-state index contributed by atoms with van der Waals surface area (Å²) in [6.07, 6.45) is 4.96. The molecule has 0 saturated carbocycles. The highest BCUT2D eigenvalue weighted by Gasteiger charge is 2.11. The third-order valence-electron chi connectivity index (χ3n) is 3.02. The van der Waals surface area contributed by atoms with Crippen LogP contribution >= 0.6 is 0 Å². The van der Waals surface area contributed by atoms with Crippen LogP contribution in [-0.2, 0) is 10.8 Å². The number of pyridine rings is 1. The Morgan fingerprint density at radius 2 is 1.90 bits per heavy atom. The van der Waals surface area contributed by atoms with E-state index in [9.17, 15) is 9.00 Å². The van der Waals surface area contributed by atoms with Crippen LogP contribution in [0.15, 0.2) is 59.8 Å². The minimum absolute atomic E-state index is 0.274. The van der Waals surface area contributed by atoms with Crippen LogP contribution in [0.3, 0.4) is 0 Å². The number of carbonyl (C=O) groups excluding carboxylic acids is 1. The second kappa shape index (κ2) is 5.49. The first kappa shape index (κ1) is 13.5. The minimum Gasteiger partial charge on any atom is -0.321 e. The lowest BCUT2D eigenvalue weighted by molar-refractivity contribution is 0.102. The largest absolute Gasteiger partial charge is 0.321 e. The molecule has 0 aliphatic rings. The van der Waals surface area contributed by atoms with E-state index in [1.807, 2.05) is 30.3 Å². The van der Waals surface area contributed by atoms with Crippen molar-refractivity contribution in [3.8, 4) is 0 Å². The van der Waals surface area contributed by atoms with Crippen molar-refractivity contribution < 1.29 is 9.00 Å². The Balaban J connectivity index is 1.90. The maximum Gasteiger partial charge on any atom is 0.275 e. The molecule has 0 aliphatic heterocycles. The molecule has 0 unspecified atom stereocenters. The predicted octanol–water partition coefficient (Wildman–Crippen LogP) is 2.32. The van der Waals surface area contributed by atoms with Gasteiger partial charge in [0, 0.05) is 24.3 Å². The van der Waals surface area contributed by atoms with Gasteiger partial charge in [-0.25, -0.2) is 4.98 Å². The molecule has 0 saturated heterocycles. The zero-order chi connectivity index (χ0) is 14.8. The van der Waals surface area contributed by atoms with E-state index in [2.05, 4.69) is 10.3 Å². The number of imidazole rings is 1. The van der Waals surface area contributed by atoms with Gasteiger partial charge in [0.15, 0.2) is 0 Å². The first-order valence-corrected chi connectivity index (χ1v) is 7.88. The average Bonchev–Trinajstić information content (AvgIpc) is 2.91. The molecule has 106 valence electrons. The van der Waals surface area contributed by atoms with Crippen LogP contribution in [0, 0.1) is 0 Å². The summed E-state index contributed by atoms with van der Waals surface area (Å²) >= 11 is 0. The lowest BCUT2D eigenvalue weighted by Crippen LogP contribution is -2.11. The molecule has 3 rings (SSSR count). The topological polar surface area (TPSA) is 63.5 Å². The van der Waals surface area contributed by atoms with E-state index in [-0.39, 0.29) is 5.91 Å². The number of carbonyl (C=O) groups is 1. The van der Waals surface area contributed by atoms with Crippen molar-refractivity contribution in [2.24, 2.45) is 0 Å². The van der Waals surface area contributed by atoms with Crippen molar-refractivity contribution in [1.29, 1.82) is 0 Å². The van der Waals surface area contributed by atoms with E-state index < -0.39 is 10.8 Å². The van der Waals surface area contributed by atoms with E-state index >= 15 is 0 Å². The van der Waals surface area contributed by atoms with Gasteiger partial charge in [-0.2, -0.15) is 0 Å². The number of hydrogen-bond acceptors (Lipinski definition) is 3. The van der Waals surface area contributed by atoms with Crippen LogP contribution in [0.5, 0.6) is 0 Å². The van der Waals surface area contributed by atoms with Crippen LogP contribution in [0.4, 0.5) is 5.69 Å². The zero-order valence-corrected chi connectivity index (χ0v) is 12.1. The minimum atomic E-state index is -1.07. The lowest BCUT2D eigenvalue weighted by Gasteiger charge is -2.01. The summed E-state index contributed by atoms with van der Waals surface area (Å²) in [5.74, 6) is -0.274. The molecule has 6 heteroatoms. The molecule has 5 nitrogen and oxygen atoms in total. The number of benzene rings is 1. The molecule has 21 heavy (non-hydrogen) atoms. The molecule has 1 atom stereocenters. The van der Waals surface area contributed by atoms with Crippen LogP contribution in [0.25, 0.3) is 5.65 Å². The molecule has 1 aromatic carbocycles. The van der Waals surface area contributed by atoms with E-state index in [1.54, 1.807) is 35.2 Å². The summed E-state index contributed by atoms with van der Waals surface area (Å²) in [5, 5.41) is 2.78. The van der Waals surface area contributed by atoms with Gasteiger partial charge in [-0.3, -0.25) is 9.00 Å². The van der Waals surface area contributed by atoms with Crippen molar-refractivity contribution >= 4 is 28.0 Å². The van der Waals surface area contributed by atoms with Crippen molar-refractivity contribution in [3.63, 3.8) is 0 Å². The Bertz CT molecular complexity index is 827. The summed E-state index contributed by atoms with van der Waals surface area (Å²) in [6.45, 7) is 0. The number of rotatable bonds is 3. The molecule has 0 radical (unpaired) electrons. The number of anilines is 1. The number of aromatic nitrogens is 2. The highest BCUT2D eigenvalue weighted by molar-refractivity contribution is 7.84. The van der Waals surface area contributed by atoms with Gasteiger partial charge in [0.05, 0.1) is 15.7 Å². The molecule has 0 bridgehead atoms. The van der Waals surface area contributed by atoms with Crippen molar-refractivity contribution in [2.75, 3.05) is 11.6 Å². The first-order chi connectivity index (χ1) is 10.1. The predicted molar refractivity (Wildman–Crippen MR) is 81.9 cm³/mol. The number of nitrogens with zero attached hydrogens (tertiary/aromatic N) is 2. The van der Waals surface area contributed by atoms with Crippen LogP contribution in [-0.4, -0.2) is 25.8 Å². The highest BCUT2D eigenvalue weighted by Crippen LogP contribution is 2.12. The Hall–Kier alpha value is -2.47. The normalized spacial score (nSPS) is 12.2. The summed E-state index contributed by atoms with van der Waals surface area (Å²) in [6, 6.07) is 12.7. The smallest absolute Gasteiger partial charge is 0.275 e. The van der Waals surface area contributed by atoms with Gasteiger partial charge in [-0.15, -0.1) is 0 Å². The van der Waals surface area contributed by atoms with Gasteiger partial charge in [-0.05, 0) is 24.3 Å². The van der Waals surface area contributed by atoms with Gasteiger partial charge < -0.3 is 9.72 Å². The molecular weight excluding hydrogens is 286 g/mol. The number of fused-ring (bicyclic) bond motifs is 1. The van der Waals surface area contributed by atoms with Gasteiger partial charge in [0.25, 0.3) is 5.91 Å². The lowest BCUT2D eigenvalue weighted by atomic mass is 10.3. The standard InChI is InChI=1S/C15H13N3O2S/c1-21(20)12-7-8-14-17-13(10-18(14)9-12)15(19)16-11-5-3-2-4-6-11/h2-10H,1H3,(H,16,19)/t21-/m1/s1. The zero-order valence-electron chi connectivity index (χ0n) is 11.3. The third-order valence-corrected chi connectivity index (χ3v) is 3.93. The maximum absolute atomic E-state index is 12.2. The second-order valence-corrected chi connectivity index (χ2v) is 5.91. The van der Waals surface area contributed by atoms with E-state index in [1.165, 1.54) is 0 Å². The molecule has 0 aliphatic carbocycles. The highest BCUT2D eigenvalue weighted by atomic mass is 32.2. The van der Waals surface area contributed by atoms with Crippen LogP contribution < -0.4 is 5.32 Å². The molecule has 2 aromatic heterocycles. The van der Waals surface area contributed by atoms with E-state index in [0.717, 1.165) is 5.69 Å². The summed E-state index contributed by atoms with van der Waals surface area (Å²) in [4.78, 5) is 17.1. The molecular formula is C15H13N3O2S. The quantitative estimate of drug-likeness (QED) is 0.807. The summed E-state index contributed by atoms with van der Waals surface area (Å²) in [7, 11) is -1.07. The maximum atomic E-state index is 12.2. The van der Waals surface area contributed by atoms with E-state index in [4.69, 9.17) is 0 Å². The summed E-state index contributed by atoms with van der Waals surface area (Å²) < 4.78 is 13.2. The first-order valence-electron chi connectivity index (χ1n) is 6.32. The number of hydrogen-bond donors (Lipinski definition) is 1. The average molecular weight is 299 g/mol. The van der Waals surface area contributed by atoms with Crippen molar-refractivity contribution in [3.05, 3.63) is 60.6 Å². The molecule has 1 N–H and O–H groups in total. The second-order valence-electron chi connectivity index (χ2n) is 4.53. The van der Waals surface area contributed by atoms with Crippen molar-refractivity contribution in [2.45, 2.75) is 4.90 Å². The van der Waals surface area contributed by atoms with Gasteiger partial charge in [0.2, 0.25) is 0 Å². The van der Waals surface area contributed by atoms with Crippen molar-refractivity contribution in [1.82, 2.24) is 9.38 Å². The van der Waals surface area contributed by atoms with Gasteiger partial charge >= 0.3 is 0 Å². The Morgan fingerprint density at radius 1 is 1.14 bits per heavy atom. The Morgan fingerprint density at radius 3 is 2.62 bits per heavy atom. The van der Waals surface area contributed by atoms with Gasteiger partial charge in [0.1, 0.15) is 11.3 Å². The van der Waals surface area contributed by atoms with Gasteiger partial charge in [-0.1, -0.05) is 18.2 Å². The number of para-hydroxylation sites is 1. The summed E-state index contributed by atoms with van der Waals surface area (Å²) in [5.41, 5.74) is 1.68. The third kappa shape index (κ3) is 2.85. The molecule has 3 aromatic rings. The van der Waals surface area contributed by atoms with Crippen LogP contribution in [0.2, 0.25) is 0 Å². The fraction of sp³-hybridized carbons (Fsp3) is 0.0667. The Kier molecular flexibility index (Phi) is 3.53. The monoisotopic (exact) mass is 299 g/mol. The molecule has 0 fully saturated rings. The molecule has 1 amide bonds.